The second-order valence-corrected chi connectivity index (χ2v) is 5.41. The fraction of sp³-hybridized carbons (Fsp3) is 0.333. The molecule has 0 fully saturated rings. The Balaban J connectivity index is 2.05. The van der Waals surface area contributed by atoms with E-state index in [4.69, 9.17) is 5.73 Å². The van der Waals surface area contributed by atoms with Crippen LogP contribution in [0.2, 0.25) is 0 Å². The van der Waals surface area contributed by atoms with Gasteiger partial charge in [0.2, 0.25) is 0 Å². The van der Waals surface area contributed by atoms with Crippen molar-refractivity contribution < 1.29 is 0 Å². The predicted octanol–water partition coefficient (Wildman–Crippen LogP) is 3.13. The summed E-state index contributed by atoms with van der Waals surface area (Å²) in [5, 5.41) is 0. The minimum atomic E-state index is 0.707. The SMILES string of the molecule is Cc1ccccc1CN(C)Cc1ccccc1CCN. The summed E-state index contributed by atoms with van der Waals surface area (Å²) in [6.45, 7) is 4.82. The fourth-order valence-corrected chi connectivity index (χ4v) is 2.54. The van der Waals surface area contributed by atoms with Gasteiger partial charge in [-0.15, -0.1) is 0 Å². The summed E-state index contributed by atoms with van der Waals surface area (Å²) in [6, 6.07) is 17.2. The Morgan fingerprint density at radius 2 is 1.40 bits per heavy atom. The first-order valence-electron chi connectivity index (χ1n) is 7.20. The van der Waals surface area contributed by atoms with Crippen molar-refractivity contribution in [2.45, 2.75) is 26.4 Å². The lowest BCUT2D eigenvalue weighted by Gasteiger charge is -2.20. The molecule has 2 N–H and O–H groups in total. The van der Waals surface area contributed by atoms with Crippen LogP contribution in [-0.2, 0) is 19.5 Å². The highest BCUT2D eigenvalue weighted by molar-refractivity contribution is 5.28. The topological polar surface area (TPSA) is 29.3 Å². The first-order valence-corrected chi connectivity index (χ1v) is 7.20. The Morgan fingerprint density at radius 1 is 0.850 bits per heavy atom. The molecular formula is C18H24N2. The Labute approximate surface area is 122 Å². The van der Waals surface area contributed by atoms with Crippen molar-refractivity contribution in [3.8, 4) is 0 Å². The fourth-order valence-electron chi connectivity index (χ4n) is 2.54. The molecule has 0 aliphatic carbocycles. The van der Waals surface area contributed by atoms with Gasteiger partial charge < -0.3 is 5.73 Å². The van der Waals surface area contributed by atoms with Crippen molar-refractivity contribution in [3.63, 3.8) is 0 Å². The zero-order valence-electron chi connectivity index (χ0n) is 12.5. The van der Waals surface area contributed by atoms with Crippen LogP contribution in [0.5, 0.6) is 0 Å². The van der Waals surface area contributed by atoms with Crippen LogP contribution in [-0.4, -0.2) is 18.5 Å². The molecule has 2 aromatic rings. The lowest BCUT2D eigenvalue weighted by atomic mass is 10.0. The smallest absolute Gasteiger partial charge is 0.0236 e. The molecular weight excluding hydrogens is 244 g/mol. The molecule has 0 aliphatic rings. The quantitative estimate of drug-likeness (QED) is 0.872. The number of hydrogen-bond donors (Lipinski definition) is 1. The first kappa shape index (κ1) is 14.8. The summed E-state index contributed by atoms with van der Waals surface area (Å²) in [5.41, 5.74) is 11.2. The first-order chi connectivity index (χ1) is 9.70. The molecule has 0 radical (unpaired) electrons. The Bertz CT molecular complexity index is 549. The number of benzene rings is 2. The minimum Gasteiger partial charge on any atom is -0.330 e. The number of nitrogens with two attached hydrogens (primary N) is 1. The van der Waals surface area contributed by atoms with Gasteiger partial charge in [-0.05, 0) is 49.2 Å². The summed E-state index contributed by atoms with van der Waals surface area (Å²) in [7, 11) is 2.17. The molecule has 2 rings (SSSR count). The van der Waals surface area contributed by atoms with Crippen LogP contribution in [0.4, 0.5) is 0 Å². The molecule has 0 aliphatic heterocycles. The highest BCUT2D eigenvalue weighted by Gasteiger charge is 2.06. The molecule has 2 aromatic carbocycles. The van der Waals surface area contributed by atoms with E-state index in [1.807, 2.05) is 0 Å². The molecule has 0 saturated heterocycles. The maximum absolute atomic E-state index is 5.69. The van der Waals surface area contributed by atoms with Gasteiger partial charge in [-0.1, -0.05) is 48.5 Å². The van der Waals surface area contributed by atoms with Gasteiger partial charge in [0.25, 0.3) is 0 Å². The van der Waals surface area contributed by atoms with E-state index in [0.29, 0.717) is 6.54 Å². The average molecular weight is 268 g/mol. The summed E-state index contributed by atoms with van der Waals surface area (Å²) in [5.74, 6) is 0. The van der Waals surface area contributed by atoms with Gasteiger partial charge in [0.05, 0.1) is 0 Å². The molecule has 0 amide bonds. The number of nitrogens with zero attached hydrogens (tertiary/aromatic N) is 1. The van der Waals surface area contributed by atoms with Crippen molar-refractivity contribution >= 4 is 0 Å². The molecule has 0 unspecified atom stereocenters. The van der Waals surface area contributed by atoms with E-state index >= 15 is 0 Å². The lowest BCUT2D eigenvalue weighted by Crippen LogP contribution is -2.19. The summed E-state index contributed by atoms with van der Waals surface area (Å²) in [6.07, 6.45) is 0.953. The van der Waals surface area contributed by atoms with E-state index in [9.17, 15) is 0 Å². The monoisotopic (exact) mass is 268 g/mol. The maximum Gasteiger partial charge on any atom is 0.0236 e. The molecule has 0 aromatic heterocycles. The summed E-state index contributed by atoms with van der Waals surface area (Å²) < 4.78 is 0. The van der Waals surface area contributed by atoms with E-state index < -0.39 is 0 Å². The molecule has 0 atom stereocenters. The minimum absolute atomic E-state index is 0.707. The van der Waals surface area contributed by atoms with E-state index in [1.54, 1.807) is 0 Å². The van der Waals surface area contributed by atoms with Crippen molar-refractivity contribution in [3.05, 3.63) is 70.8 Å². The second kappa shape index (κ2) is 7.22. The van der Waals surface area contributed by atoms with E-state index in [-0.39, 0.29) is 0 Å². The van der Waals surface area contributed by atoms with Gasteiger partial charge in [-0.3, -0.25) is 4.90 Å². The van der Waals surface area contributed by atoms with Crippen LogP contribution in [0, 0.1) is 6.92 Å². The van der Waals surface area contributed by atoms with E-state index in [2.05, 4.69) is 67.4 Å². The highest BCUT2D eigenvalue weighted by atomic mass is 15.1. The van der Waals surface area contributed by atoms with Crippen molar-refractivity contribution in [1.29, 1.82) is 0 Å². The zero-order chi connectivity index (χ0) is 14.4. The van der Waals surface area contributed by atoms with Gasteiger partial charge in [0, 0.05) is 13.1 Å². The van der Waals surface area contributed by atoms with Gasteiger partial charge in [-0.25, -0.2) is 0 Å². The van der Waals surface area contributed by atoms with Crippen molar-refractivity contribution in [2.75, 3.05) is 13.6 Å². The van der Waals surface area contributed by atoms with Crippen LogP contribution in [0.1, 0.15) is 22.3 Å². The van der Waals surface area contributed by atoms with Gasteiger partial charge in [-0.2, -0.15) is 0 Å². The normalized spacial score (nSPS) is 11.0. The van der Waals surface area contributed by atoms with E-state index in [1.165, 1.54) is 22.3 Å². The molecule has 106 valence electrons. The van der Waals surface area contributed by atoms with Gasteiger partial charge in [0.15, 0.2) is 0 Å². The van der Waals surface area contributed by atoms with Crippen molar-refractivity contribution in [2.24, 2.45) is 5.73 Å². The Kier molecular flexibility index (Phi) is 5.33. The largest absolute Gasteiger partial charge is 0.330 e. The molecule has 2 heteroatoms. The molecule has 0 spiro atoms. The maximum atomic E-state index is 5.69. The Morgan fingerprint density at radius 3 is 2.05 bits per heavy atom. The third-order valence-electron chi connectivity index (χ3n) is 3.67. The van der Waals surface area contributed by atoms with Crippen LogP contribution < -0.4 is 5.73 Å². The third kappa shape index (κ3) is 3.92. The van der Waals surface area contributed by atoms with Crippen LogP contribution >= 0.6 is 0 Å². The third-order valence-corrected chi connectivity index (χ3v) is 3.67. The Hall–Kier alpha value is -1.64. The number of aryl methyl sites for hydroxylation is 1. The average Bonchev–Trinajstić information content (AvgIpc) is 2.44. The highest BCUT2D eigenvalue weighted by Crippen LogP contribution is 2.15. The molecule has 0 saturated carbocycles. The van der Waals surface area contributed by atoms with Crippen LogP contribution in [0.3, 0.4) is 0 Å². The van der Waals surface area contributed by atoms with Gasteiger partial charge in [0.1, 0.15) is 0 Å². The van der Waals surface area contributed by atoms with Crippen LogP contribution in [0.15, 0.2) is 48.5 Å². The molecule has 0 heterocycles. The van der Waals surface area contributed by atoms with Gasteiger partial charge >= 0.3 is 0 Å². The number of hydrogen-bond acceptors (Lipinski definition) is 2. The lowest BCUT2D eigenvalue weighted by molar-refractivity contribution is 0.317. The van der Waals surface area contributed by atoms with Crippen LogP contribution in [0.25, 0.3) is 0 Å². The predicted molar refractivity (Wildman–Crippen MR) is 85.6 cm³/mol. The molecule has 20 heavy (non-hydrogen) atoms. The van der Waals surface area contributed by atoms with Crippen molar-refractivity contribution in [1.82, 2.24) is 4.90 Å². The zero-order valence-corrected chi connectivity index (χ0v) is 12.5. The van der Waals surface area contributed by atoms with E-state index in [0.717, 1.165) is 19.5 Å². The number of rotatable bonds is 6. The summed E-state index contributed by atoms with van der Waals surface area (Å²) >= 11 is 0. The second-order valence-electron chi connectivity index (χ2n) is 5.41. The summed E-state index contributed by atoms with van der Waals surface area (Å²) in [4.78, 5) is 2.36. The molecule has 0 bridgehead atoms. The molecule has 2 nitrogen and oxygen atoms in total. The standard InChI is InChI=1S/C18H24N2/c1-15-7-3-4-9-17(15)13-20(2)14-18-10-6-5-8-16(18)11-12-19/h3-10H,11-14,19H2,1-2H3.